The fraction of sp³-hybridized carbons (Fsp3) is 1.00. The van der Waals surface area contributed by atoms with Gasteiger partial charge in [0.1, 0.15) is 0 Å². The molecule has 0 saturated heterocycles. The van der Waals surface area contributed by atoms with Gasteiger partial charge in [0.2, 0.25) is 0 Å². The molecule has 0 heterocycles. The number of rotatable bonds is 34. The molecule has 0 amide bonds. The molecule has 0 aliphatic heterocycles. The van der Waals surface area contributed by atoms with Gasteiger partial charge < -0.3 is 0 Å². The van der Waals surface area contributed by atoms with Gasteiger partial charge in [0.25, 0.3) is 0 Å². The number of hydrogen-bond donors (Lipinski definition) is 0. The van der Waals surface area contributed by atoms with E-state index in [-0.39, 0.29) is 0 Å². The van der Waals surface area contributed by atoms with Crippen LogP contribution in [-0.4, -0.2) is 449 Å². The molecule has 69 heavy (non-hydrogen) atoms. The summed E-state index contributed by atoms with van der Waals surface area (Å²) in [6.45, 7) is 129. The average molecular weight is 759 g/mol. The second kappa shape index (κ2) is 72.1. The van der Waals surface area contributed by atoms with Crippen LogP contribution in [-0.2, 0) is 4.65 Å². The third kappa shape index (κ3) is 72.1. The zero-order chi connectivity index (χ0) is 49.4. The van der Waals surface area contributed by atoms with Gasteiger partial charge in [0.15, 0.2) is 0 Å². The van der Waals surface area contributed by atoms with Crippen molar-refractivity contribution in [3.8, 4) is 0 Å². The van der Waals surface area contributed by atoms with Crippen molar-refractivity contribution in [2.24, 2.45) is 0 Å². The van der Waals surface area contributed by atoms with Crippen LogP contribution in [0.3, 0.4) is 0 Å². The molecule has 0 aromatic rings. The van der Waals surface area contributed by atoms with Crippen molar-refractivity contribution in [2.75, 3.05) is 6.61 Å². The van der Waals surface area contributed by atoms with Crippen molar-refractivity contribution in [1.29, 1.82) is 0 Å². The molecule has 0 bridgehead atoms. The van der Waals surface area contributed by atoms with Gasteiger partial charge in [-0.2, -0.15) is 0 Å². The molecule has 0 aromatic carbocycles. The molecular formula is C2H5B66O. The Kier molecular flexibility index (Phi) is 76.4. The van der Waals surface area contributed by atoms with E-state index in [0.717, 1.165) is 0 Å². The molecule has 0 aromatic heterocycles. The van der Waals surface area contributed by atoms with Crippen LogP contribution in [0.2, 0.25) is 0 Å². The van der Waals surface area contributed by atoms with Crippen LogP contribution in [0.4, 0.5) is 0 Å². The van der Waals surface area contributed by atoms with Crippen molar-refractivity contribution >= 4 is 443 Å². The van der Waals surface area contributed by atoms with Crippen molar-refractivity contribution in [3.05, 3.63) is 0 Å². The standard InChI is InChI=1S/C2H5B66O/c1-2-69-68-67-66-65-64-63-62-61-60-59-58-57-56-55-54-53-52-51-50-49-48-47-46-45-44-43-42-41-40-39-38-37-36-35-34-33-32-31-30-29-28-27-26-25-24-23-22-21-20-19-18-17-16-15-14-13-12-11-10-9-8-7-6-5-4-3/h2H2,1H3. The average Bonchev–Trinajstić information content (AvgIpc) is 3.36. The Morgan fingerprint density at radius 2 is 0.275 bits per heavy atom. The molecule has 0 N–H and O–H groups in total. The normalized spacial score (nSPS) is 7.83. The first-order valence-corrected chi connectivity index (χ1v) is 22.9. The van der Waals surface area contributed by atoms with Crippen LogP contribution in [0.5, 0.6) is 0 Å². The molecule has 0 spiro atoms. The molecule has 0 atom stereocenters. The quantitative estimate of drug-likeness (QED) is 0.0594. The summed E-state index contributed by atoms with van der Waals surface area (Å²) in [6.07, 6.45) is 0. The van der Waals surface area contributed by atoms with E-state index in [2.05, 4.69) is 0 Å². The summed E-state index contributed by atoms with van der Waals surface area (Å²) in [6, 6.07) is 0. The maximum atomic E-state index is 5.26. The predicted octanol–water partition coefficient (Wildman–Crippen LogP) is -24.6. The zero-order valence-corrected chi connectivity index (χ0v) is 40.2. The van der Waals surface area contributed by atoms with Gasteiger partial charge in [-0.25, -0.2) is 0 Å². The van der Waals surface area contributed by atoms with E-state index < -0.39 is 0 Å². The second-order valence-corrected chi connectivity index (χ2v) is 12.9. The van der Waals surface area contributed by atoms with E-state index in [4.69, 9.17) is 12.0 Å². The molecule has 0 rings (SSSR count). The number of hydrogen-bond acceptors (Lipinski definition) is 1. The molecular weight excluding hydrogens is 754 g/mol. The minimum atomic E-state index is 0.684. The van der Waals surface area contributed by atoms with E-state index in [1.54, 1.807) is 13.7 Å². The van der Waals surface area contributed by atoms with Crippen molar-refractivity contribution in [2.45, 2.75) is 6.92 Å². The van der Waals surface area contributed by atoms with Crippen molar-refractivity contribution in [3.63, 3.8) is 0 Å². The summed E-state index contributed by atoms with van der Waals surface area (Å²) in [4.78, 5) is 0. The Morgan fingerprint density at radius 3 is 0.377 bits per heavy atom. The van der Waals surface area contributed by atoms with Crippen LogP contribution in [0, 0.1) is 0 Å². The Morgan fingerprint density at radius 1 is 0.174 bits per heavy atom. The summed E-state index contributed by atoms with van der Waals surface area (Å²) < 4.78 is 5.11. The van der Waals surface area contributed by atoms with Gasteiger partial charge >= 0.3 is 461 Å². The fourth-order valence-corrected chi connectivity index (χ4v) is 4.17. The van der Waals surface area contributed by atoms with E-state index in [9.17, 15) is 0 Å². The minimum absolute atomic E-state index is 0.684. The van der Waals surface area contributed by atoms with Crippen LogP contribution in [0.15, 0.2) is 0 Å². The first kappa shape index (κ1) is 73.1. The second-order valence-electron chi connectivity index (χ2n) is 12.9. The monoisotopic (exact) mass is 772 g/mol. The van der Waals surface area contributed by atoms with Gasteiger partial charge in [0, 0.05) is 0 Å². The molecule has 0 aliphatic carbocycles. The molecule has 217 valence electrons. The van der Waals surface area contributed by atoms with E-state index in [1.165, 1.54) is 6.69 Å². The van der Waals surface area contributed by atoms with Crippen molar-refractivity contribution < 1.29 is 4.65 Å². The molecule has 0 aliphatic rings. The Bertz CT molecular complexity index is 2320. The molecule has 1 radical (unpaired) electrons. The van der Waals surface area contributed by atoms with Gasteiger partial charge in [0.05, 0.1) is 0 Å². The van der Waals surface area contributed by atoms with E-state index >= 15 is 0 Å². The molecule has 1 nitrogen and oxygen atoms in total. The summed E-state index contributed by atoms with van der Waals surface area (Å²) in [7, 11) is 6.94. The first-order chi connectivity index (χ1) is 34.4. The van der Waals surface area contributed by atoms with E-state index in [0.29, 0.717) is 6.61 Å². The Labute approximate surface area is 456 Å². The molecule has 0 saturated carbocycles. The Hall–Kier alpha value is 4.09. The molecule has 0 fully saturated rings. The van der Waals surface area contributed by atoms with Gasteiger partial charge in [-0.3, -0.25) is 0 Å². The van der Waals surface area contributed by atoms with Crippen LogP contribution in [0.25, 0.3) is 0 Å². The summed E-state index contributed by atoms with van der Waals surface area (Å²) in [5.74, 6) is 0. The zero-order valence-electron chi connectivity index (χ0n) is 40.2. The van der Waals surface area contributed by atoms with E-state index in [1.807, 2.05) is 422 Å². The SMILES string of the molecule is [B]=BB=BB=BB=BB=BB=BB=BB=BB=BB=BB=BB=BB=BB=BB=BB=BB=BB=BB=BB=BB=BB=BB=BB=BB=BB=BB=BB=BB=BB=BB=BB=BB=BOCC. The van der Waals surface area contributed by atoms with Crippen LogP contribution >= 0.6 is 0 Å². The van der Waals surface area contributed by atoms with Gasteiger partial charge in [-0.1, -0.05) is 0 Å². The molecule has 0 unspecified atom stereocenters. The topological polar surface area (TPSA) is 9.23 Å². The van der Waals surface area contributed by atoms with Gasteiger partial charge in [-0.15, -0.1) is 0 Å². The fourth-order valence-electron chi connectivity index (χ4n) is 4.17. The third-order valence-electron chi connectivity index (χ3n) is 7.34. The summed E-state index contributed by atoms with van der Waals surface area (Å²) in [5.41, 5.74) is 0. The molecule has 67 heteroatoms. The van der Waals surface area contributed by atoms with Crippen molar-refractivity contribution in [1.82, 2.24) is 0 Å². The van der Waals surface area contributed by atoms with Crippen LogP contribution < -0.4 is 0 Å². The third-order valence-corrected chi connectivity index (χ3v) is 7.34. The summed E-state index contributed by atoms with van der Waals surface area (Å²) >= 11 is 0. The van der Waals surface area contributed by atoms with Gasteiger partial charge in [-0.05, 0) is 0 Å². The Balaban J connectivity index is 4.09. The van der Waals surface area contributed by atoms with Crippen LogP contribution in [0.1, 0.15) is 6.92 Å². The summed E-state index contributed by atoms with van der Waals surface area (Å²) in [5, 5.41) is 0. The predicted molar refractivity (Wildman–Crippen MR) is 391 cm³/mol. The maximum absolute atomic E-state index is 5.26. The first-order valence-electron chi connectivity index (χ1n) is 22.9.